The van der Waals surface area contributed by atoms with Gasteiger partial charge in [-0.1, -0.05) is 65.9 Å². The van der Waals surface area contributed by atoms with Gasteiger partial charge in [0.25, 0.3) is 5.56 Å². The lowest BCUT2D eigenvalue weighted by atomic mass is 9.96. The first kappa shape index (κ1) is 30.6. The molecule has 1 aromatic heterocycles. The Kier molecular flexibility index (Phi) is 8.81. The van der Waals surface area contributed by atoms with E-state index in [1.807, 2.05) is 85.8 Å². The van der Waals surface area contributed by atoms with Crippen molar-refractivity contribution in [3.05, 3.63) is 138 Å². The van der Waals surface area contributed by atoms with Gasteiger partial charge < -0.3 is 14.2 Å². The van der Waals surface area contributed by atoms with Crippen LogP contribution in [0.15, 0.2) is 106 Å². The first-order valence-corrected chi connectivity index (χ1v) is 15.8. The van der Waals surface area contributed by atoms with Gasteiger partial charge in [0, 0.05) is 5.56 Å². The maximum Gasteiger partial charge on any atom is 0.338 e. The summed E-state index contributed by atoms with van der Waals surface area (Å²) in [4.78, 5) is 32.8. The third-order valence-corrected chi connectivity index (χ3v) is 8.69. The van der Waals surface area contributed by atoms with E-state index in [1.165, 1.54) is 11.3 Å². The summed E-state index contributed by atoms with van der Waals surface area (Å²) in [6.45, 7) is 6.44. The minimum atomic E-state index is -0.729. The second kappa shape index (κ2) is 13.3. The van der Waals surface area contributed by atoms with Crippen LogP contribution in [0.25, 0.3) is 16.8 Å². The van der Waals surface area contributed by atoms with E-state index in [-0.39, 0.29) is 18.8 Å². The molecule has 1 atom stereocenters. The Labute approximate surface area is 269 Å². The maximum atomic E-state index is 14.3. The highest BCUT2D eigenvalue weighted by molar-refractivity contribution is 7.07. The minimum Gasteiger partial charge on any atom is -0.494 e. The number of thiazole rings is 1. The van der Waals surface area contributed by atoms with Crippen LogP contribution < -0.4 is 24.4 Å². The lowest BCUT2D eigenvalue weighted by Crippen LogP contribution is -2.39. The smallest absolute Gasteiger partial charge is 0.338 e. The van der Waals surface area contributed by atoms with E-state index in [4.69, 9.17) is 24.5 Å². The molecule has 4 aromatic carbocycles. The molecule has 0 unspecified atom stereocenters. The van der Waals surface area contributed by atoms with Crippen LogP contribution in [0.1, 0.15) is 49.1 Å². The van der Waals surface area contributed by atoms with Crippen molar-refractivity contribution in [2.75, 3.05) is 13.2 Å². The second-order valence-electron chi connectivity index (χ2n) is 10.6. The third-order valence-electron chi connectivity index (χ3n) is 7.71. The van der Waals surface area contributed by atoms with Crippen molar-refractivity contribution in [2.45, 2.75) is 33.4 Å². The summed E-state index contributed by atoms with van der Waals surface area (Å²) in [5.41, 5.74) is 3.54. The number of aromatic nitrogens is 1. The van der Waals surface area contributed by atoms with E-state index >= 15 is 0 Å². The molecule has 8 nitrogen and oxygen atoms in total. The molecule has 9 heteroatoms. The molecule has 230 valence electrons. The predicted molar refractivity (Wildman–Crippen MR) is 177 cm³/mol. The molecular weight excluding hydrogens is 598 g/mol. The molecule has 0 saturated carbocycles. The highest BCUT2D eigenvalue weighted by atomic mass is 32.1. The van der Waals surface area contributed by atoms with Crippen molar-refractivity contribution in [2.24, 2.45) is 4.99 Å². The molecule has 2 heterocycles. The molecule has 0 radical (unpaired) electrons. The number of allylic oxidation sites excluding steroid dienone is 1. The molecular formula is C37H31N3O5S. The Balaban J connectivity index is 1.49. The van der Waals surface area contributed by atoms with Crippen molar-refractivity contribution in [1.82, 2.24) is 4.57 Å². The Bertz CT molecular complexity index is 2190. The summed E-state index contributed by atoms with van der Waals surface area (Å²) in [7, 11) is 0. The van der Waals surface area contributed by atoms with E-state index in [9.17, 15) is 9.59 Å². The standard InChI is InChI=1S/C37H31N3O5S/c1-4-43-28-17-14-27(15-18-28)34-33(36(42)44-5-2)23(3)39-37-40(34)35(41)32(46-37)20-30-29-9-7-6-8-26(29)16-19-31(30)45-22-25-12-10-24(21-38)11-13-25/h6-20,34H,4-5,22H2,1-3H3/b32-20-/t34-/m0/s1. The van der Waals surface area contributed by atoms with Crippen LogP contribution in [0.2, 0.25) is 0 Å². The number of esters is 1. The Morgan fingerprint density at radius 3 is 2.46 bits per heavy atom. The van der Waals surface area contributed by atoms with Crippen molar-refractivity contribution >= 4 is 34.2 Å². The van der Waals surface area contributed by atoms with Gasteiger partial charge >= 0.3 is 5.97 Å². The fourth-order valence-corrected chi connectivity index (χ4v) is 6.57. The first-order valence-electron chi connectivity index (χ1n) is 15.0. The number of ether oxygens (including phenoxy) is 3. The molecule has 46 heavy (non-hydrogen) atoms. The summed E-state index contributed by atoms with van der Waals surface area (Å²) in [6.07, 6.45) is 1.85. The number of rotatable bonds is 9. The maximum absolute atomic E-state index is 14.3. The van der Waals surface area contributed by atoms with Crippen LogP contribution in [0, 0.1) is 11.3 Å². The van der Waals surface area contributed by atoms with Crippen LogP contribution in [0.3, 0.4) is 0 Å². The zero-order valence-corrected chi connectivity index (χ0v) is 26.5. The van der Waals surface area contributed by atoms with Crippen LogP contribution in [-0.4, -0.2) is 23.8 Å². The molecule has 0 fully saturated rings. The number of fused-ring (bicyclic) bond motifs is 2. The average molecular weight is 630 g/mol. The van der Waals surface area contributed by atoms with Gasteiger partial charge in [0.1, 0.15) is 18.1 Å². The van der Waals surface area contributed by atoms with E-state index < -0.39 is 12.0 Å². The van der Waals surface area contributed by atoms with Gasteiger partial charge in [0.05, 0.1) is 46.7 Å². The molecule has 0 amide bonds. The lowest BCUT2D eigenvalue weighted by molar-refractivity contribution is -0.139. The van der Waals surface area contributed by atoms with Gasteiger partial charge in [-0.05, 0) is 79.1 Å². The van der Waals surface area contributed by atoms with Crippen LogP contribution in [0.4, 0.5) is 0 Å². The van der Waals surface area contributed by atoms with Gasteiger partial charge in [-0.25, -0.2) is 9.79 Å². The highest BCUT2D eigenvalue weighted by Gasteiger charge is 2.33. The van der Waals surface area contributed by atoms with Crippen molar-refractivity contribution in [3.63, 3.8) is 0 Å². The molecule has 5 aromatic rings. The predicted octanol–water partition coefficient (Wildman–Crippen LogP) is 5.80. The van der Waals surface area contributed by atoms with Crippen molar-refractivity contribution in [3.8, 4) is 17.6 Å². The van der Waals surface area contributed by atoms with Crippen molar-refractivity contribution < 1.29 is 19.0 Å². The Hall–Kier alpha value is -5.46. The largest absolute Gasteiger partial charge is 0.494 e. The molecule has 0 saturated heterocycles. The van der Waals surface area contributed by atoms with Crippen LogP contribution in [-0.2, 0) is 16.1 Å². The van der Waals surface area contributed by atoms with Crippen molar-refractivity contribution in [1.29, 1.82) is 5.26 Å². The molecule has 0 spiro atoms. The number of carbonyl (C=O) groups excluding carboxylic acids is 1. The van der Waals surface area contributed by atoms with E-state index in [1.54, 1.807) is 30.5 Å². The van der Waals surface area contributed by atoms with Crippen LogP contribution in [0.5, 0.6) is 11.5 Å². The van der Waals surface area contributed by atoms with E-state index in [2.05, 4.69) is 6.07 Å². The molecule has 1 aliphatic rings. The second-order valence-corrected chi connectivity index (χ2v) is 11.6. The summed E-state index contributed by atoms with van der Waals surface area (Å²) in [6, 6.07) is 27.9. The summed E-state index contributed by atoms with van der Waals surface area (Å²) in [5, 5.41) is 11.1. The lowest BCUT2D eigenvalue weighted by Gasteiger charge is -2.24. The Morgan fingerprint density at radius 1 is 0.978 bits per heavy atom. The number of nitriles is 1. The van der Waals surface area contributed by atoms with Gasteiger partial charge in [0.15, 0.2) is 4.80 Å². The topological polar surface area (TPSA) is 103 Å². The third kappa shape index (κ3) is 5.95. The molecule has 0 N–H and O–H groups in total. The fraction of sp³-hybridized carbons (Fsp3) is 0.189. The number of nitrogens with zero attached hydrogens (tertiary/aromatic N) is 3. The molecule has 1 aliphatic heterocycles. The molecule has 0 aliphatic carbocycles. The molecule has 6 rings (SSSR count). The zero-order valence-electron chi connectivity index (χ0n) is 25.7. The van der Waals surface area contributed by atoms with Crippen LogP contribution >= 0.6 is 11.3 Å². The summed E-state index contributed by atoms with van der Waals surface area (Å²) >= 11 is 1.26. The quantitative estimate of drug-likeness (QED) is 0.191. The number of hydrogen-bond acceptors (Lipinski definition) is 8. The van der Waals surface area contributed by atoms with Gasteiger partial charge in [0.2, 0.25) is 0 Å². The monoisotopic (exact) mass is 629 g/mol. The first-order chi connectivity index (χ1) is 22.4. The summed E-state index contributed by atoms with van der Waals surface area (Å²) in [5.74, 6) is 0.798. The average Bonchev–Trinajstić information content (AvgIpc) is 3.38. The fourth-order valence-electron chi connectivity index (χ4n) is 5.54. The highest BCUT2D eigenvalue weighted by Crippen LogP contribution is 2.32. The minimum absolute atomic E-state index is 0.197. The SMILES string of the molecule is CCOC(=O)C1=C(C)N=c2s/c(=C\c3c(OCc4ccc(C#N)cc4)ccc4ccccc34)c(=O)n2[C@H]1c1ccc(OCC)cc1. The number of carbonyl (C=O) groups is 1. The van der Waals surface area contributed by atoms with Gasteiger partial charge in [-0.15, -0.1) is 0 Å². The molecule has 0 bridgehead atoms. The van der Waals surface area contributed by atoms with Gasteiger partial charge in [-0.2, -0.15) is 5.26 Å². The van der Waals surface area contributed by atoms with E-state index in [0.717, 1.165) is 27.5 Å². The Morgan fingerprint density at radius 2 is 1.74 bits per heavy atom. The zero-order chi connectivity index (χ0) is 32.2. The number of benzene rings is 4. The summed E-state index contributed by atoms with van der Waals surface area (Å²) < 4.78 is 19.4. The van der Waals surface area contributed by atoms with Gasteiger partial charge in [-0.3, -0.25) is 9.36 Å². The number of hydrogen-bond donors (Lipinski definition) is 0. The van der Waals surface area contributed by atoms with E-state index in [0.29, 0.717) is 44.3 Å². The normalized spacial score (nSPS) is 14.4.